The van der Waals surface area contributed by atoms with Crippen molar-refractivity contribution < 1.29 is 4.74 Å². The summed E-state index contributed by atoms with van der Waals surface area (Å²) in [6.45, 7) is 8.34. The second-order valence-electron chi connectivity index (χ2n) is 4.37. The van der Waals surface area contributed by atoms with Crippen LogP contribution >= 0.6 is 0 Å². The molecule has 0 atom stereocenters. The highest BCUT2D eigenvalue weighted by molar-refractivity contribution is 5.37. The quantitative estimate of drug-likeness (QED) is 0.639. The number of ether oxygens (including phenoxy) is 1. The Labute approximate surface area is 79.7 Å². The van der Waals surface area contributed by atoms with Gasteiger partial charge in [0, 0.05) is 5.41 Å². The standard InChI is InChI=1S/C12H16O/c1-9-4-5-10(2)11(6-9)12(3)7-13-8-12/h4-6H,7-8H2,1-3H3. The molecule has 0 spiro atoms. The molecule has 1 aliphatic rings. The first-order chi connectivity index (χ1) is 6.12. The van der Waals surface area contributed by atoms with Crippen molar-refractivity contribution >= 4 is 0 Å². The van der Waals surface area contributed by atoms with Crippen LogP contribution in [0.5, 0.6) is 0 Å². The molecule has 1 nitrogen and oxygen atoms in total. The zero-order valence-corrected chi connectivity index (χ0v) is 8.55. The average molecular weight is 176 g/mol. The van der Waals surface area contributed by atoms with Gasteiger partial charge < -0.3 is 4.74 Å². The highest BCUT2D eigenvalue weighted by Gasteiger charge is 2.36. The van der Waals surface area contributed by atoms with Gasteiger partial charge in [-0.3, -0.25) is 0 Å². The van der Waals surface area contributed by atoms with Crippen molar-refractivity contribution in [3.8, 4) is 0 Å². The predicted molar refractivity (Wildman–Crippen MR) is 54.1 cm³/mol. The monoisotopic (exact) mass is 176 g/mol. The van der Waals surface area contributed by atoms with Crippen molar-refractivity contribution in [1.29, 1.82) is 0 Å². The van der Waals surface area contributed by atoms with E-state index in [1.54, 1.807) is 0 Å². The molecule has 1 aromatic rings. The maximum Gasteiger partial charge on any atom is 0.0583 e. The van der Waals surface area contributed by atoms with Gasteiger partial charge >= 0.3 is 0 Å². The second-order valence-corrected chi connectivity index (χ2v) is 4.37. The van der Waals surface area contributed by atoms with Gasteiger partial charge in [-0.25, -0.2) is 0 Å². The maximum atomic E-state index is 5.29. The summed E-state index contributed by atoms with van der Waals surface area (Å²) >= 11 is 0. The van der Waals surface area contributed by atoms with E-state index in [2.05, 4.69) is 39.0 Å². The number of hydrogen-bond donors (Lipinski definition) is 0. The average Bonchev–Trinajstić information content (AvgIpc) is 2.05. The Morgan fingerprint density at radius 3 is 2.46 bits per heavy atom. The van der Waals surface area contributed by atoms with Crippen LogP contribution in [-0.2, 0) is 10.2 Å². The Bertz CT molecular complexity index is 324. The molecule has 0 saturated carbocycles. The first-order valence-electron chi connectivity index (χ1n) is 4.77. The molecular formula is C12H16O. The minimum Gasteiger partial charge on any atom is -0.379 e. The Hall–Kier alpha value is -0.820. The fourth-order valence-corrected chi connectivity index (χ4v) is 1.95. The number of benzene rings is 1. The molecule has 0 aliphatic carbocycles. The molecule has 1 heterocycles. The molecule has 1 fully saturated rings. The van der Waals surface area contributed by atoms with Crippen molar-refractivity contribution in [3.63, 3.8) is 0 Å². The number of rotatable bonds is 1. The van der Waals surface area contributed by atoms with Gasteiger partial charge in [0.2, 0.25) is 0 Å². The number of aryl methyl sites for hydroxylation is 2. The molecular weight excluding hydrogens is 160 g/mol. The Kier molecular flexibility index (Phi) is 1.92. The van der Waals surface area contributed by atoms with Gasteiger partial charge in [-0.15, -0.1) is 0 Å². The lowest BCUT2D eigenvalue weighted by atomic mass is 9.78. The van der Waals surface area contributed by atoms with Crippen LogP contribution in [0.15, 0.2) is 18.2 Å². The Balaban J connectivity index is 2.43. The summed E-state index contributed by atoms with van der Waals surface area (Å²) in [6, 6.07) is 6.66. The fourth-order valence-electron chi connectivity index (χ4n) is 1.95. The zero-order chi connectivity index (χ0) is 9.47. The first kappa shape index (κ1) is 8.76. The third kappa shape index (κ3) is 1.37. The molecule has 13 heavy (non-hydrogen) atoms. The van der Waals surface area contributed by atoms with Crippen LogP contribution in [0.1, 0.15) is 23.6 Å². The Morgan fingerprint density at radius 2 is 1.92 bits per heavy atom. The van der Waals surface area contributed by atoms with Crippen molar-refractivity contribution in [1.82, 2.24) is 0 Å². The molecule has 0 unspecified atom stereocenters. The second kappa shape index (κ2) is 2.85. The normalized spacial score (nSPS) is 19.6. The highest BCUT2D eigenvalue weighted by Crippen LogP contribution is 2.34. The minimum atomic E-state index is 0.274. The topological polar surface area (TPSA) is 9.23 Å². The van der Waals surface area contributed by atoms with E-state index >= 15 is 0 Å². The summed E-state index contributed by atoms with van der Waals surface area (Å²) in [5.74, 6) is 0. The lowest BCUT2D eigenvalue weighted by Gasteiger charge is -2.39. The summed E-state index contributed by atoms with van der Waals surface area (Å²) in [7, 11) is 0. The van der Waals surface area contributed by atoms with Crippen LogP contribution in [0.2, 0.25) is 0 Å². The third-order valence-corrected chi connectivity index (χ3v) is 2.88. The van der Waals surface area contributed by atoms with Crippen LogP contribution in [0, 0.1) is 13.8 Å². The van der Waals surface area contributed by atoms with Crippen molar-refractivity contribution in [2.75, 3.05) is 13.2 Å². The zero-order valence-electron chi connectivity index (χ0n) is 8.55. The summed E-state index contributed by atoms with van der Waals surface area (Å²) in [5, 5.41) is 0. The Morgan fingerprint density at radius 1 is 1.23 bits per heavy atom. The molecule has 0 aromatic heterocycles. The molecule has 2 rings (SSSR count). The molecule has 0 radical (unpaired) electrons. The van der Waals surface area contributed by atoms with E-state index in [-0.39, 0.29) is 5.41 Å². The molecule has 70 valence electrons. The van der Waals surface area contributed by atoms with Crippen LogP contribution in [0.4, 0.5) is 0 Å². The molecule has 1 aromatic carbocycles. The summed E-state index contributed by atoms with van der Waals surface area (Å²) in [5.41, 5.74) is 4.46. The lowest BCUT2D eigenvalue weighted by Crippen LogP contribution is -2.44. The summed E-state index contributed by atoms with van der Waals surface area (Å²) in [4.78, 5) is 0. The first-order valence-corrected chi connectivity index (χ1v) is 4.77. The van der Waals surface area contributed by atoms with Crippen molar-refractivity contribution in [2.24, 2.45) is 0 Å². The fraction of sp³-hybridized carbons (Fsp3) is 0.500. The van der Waals surface area contributed by atoms with Crippen molar-refractivity contribution in [3.05, 3.63) is 34.9 Å². The SMILES string of the molecule is Cc1ccc(C)c(C2(C)COC2)c1. The molecule has 1 heteroatoms. The molecule has 1 saturated heterocycles. The van der Waals surface area contributed by atoms with Gasteiger partial charge in [0.25, 0.3) is 0 Å². The molecule has 1 aliphatic heterocycles. The predicted octanol–water partition coefficient (Wildman–Crippen LogP) is 2.59. The van der Waals surface area contributed by atoms with Gasteiger partial charge in [-0.2, -0.15) is 0 Å². The lowest BCUT2D eigenvalue weighted by molar-refractivity contribution is -0.0503. The minimum absolute atomic E-state index is 0.274. The van der Waals surface area contributed by atoms with Gasteiger partial charge in [0.15, 0.2) is 0 Å². The van der Waals surface area contributed by atoms with E-state index in [1.165, 1.54) is 16.7 Å². The van der Waals surface area contributed by atoms with E-state index in [0.717, 1.165) is 13.2 Å². The van der Waals surface area contributed by atoms with E-state index in [4.69, 9.17) is 4.74 Å². The van der Waals surface area contributed by atoms with Crippen LogP contribution in [0.25, 0.3) is 0 Å². The summed E-state index contributed by atoms with van der Waals surface area (Å²) < 4.78 is 5.29. The van der Waals surface area contributed by atoms with Gasteiger partial charge in [0.05, 0.1) is 13.2 Å². The van der Waals surface area contributed by atoms with Crippen LogP contribution in [0.3, 0.4) is 0 Å². The van der Waals surface area contributed by atoms with E-state index < -0.39 is 0 Å². The largest absolute Gasteiger partial charge is 0.379 e. The maximum absolute atomic E-state index is 5.29. The van der Waals surface area contributed by atoms with Gasteiger partial charge in [-0.05, 0) is 25.0 Å². The van der Waals surface area contributed by atoms with Crippen LogP contribution < -0.4 is 0 Å². The highest BCUT2D eigenvalue weighted by atomic mass is 16.5. The van der Waals surface area contributed by atoms with Gasteiger partial charge in [-0.1, -0.05) is 30.7 Å². The smallest absolute Gasteiger partial charge is 0.0583 e. The van der Waals surface area contributed by atoms with Crippen LogP contribution in [-0.4, -0.2) is 13.2 Å². The van der Waals surface area contributed by atoms with E-state index in [9.17, 15) is 0 Å². The third-order valence-electron chi connectivity index (χ3n) is 2.88. The van der Waals surface area contributed by atoms with Crippen molar-refractivity contribution in [2.45, 2.75) is 26.2 Å². The van der Waals surface area contributed by atoms with E-state index in [1.807, 2.05) is 0 Å². The van der Waals surface area contributed by atoms with Gasteiger partial charge in [0.1, 0.15) is 0 Å². The molecule has 0 bridgehead atoms. The molecule has 0 N–H and O–H groups in total. The van der Waals surface area contributed by atoms with E-state index in [0.29, 0.717) is 0 Å². The summed E-state index contributed by atoms with van der Waals surface area (Å²) in [6.07, 6.45) is 0. The molecule has 0 amide bonds. The number of hydrogen-bond acceptors (Lipinski definition) is 1.